The van der Waals surface area contributed by atoms with Gasteiger partial charge in [0.2, 0.25) is 11.1 Å². The number of nitrogens with zero attached hydrogens (tertiary/aromatic N) is 3. The topological polar surface area (TPSA) is 78.3 Å². The van der Waals surface area contributed by atoms with Crippen molar-refractivity contribution in [1.29, 1.82) is 0 Å². The van der Waals surface area contributed by atoms with Crippen molar-refractivity contribution in [2.75, 3.05) is 19.5 Å². The summed E-state index contributed by atoms with van der Waals surface area (Å²) in [5.74, 6) is 2.42. The van der Waals surface area contributed by atoms with Crippen LogP contribution in [0, 0.1) is 0 Å². The lowest BCUT2D eigenvalue weighted by atomic mass is 9.92. The fourth-order valence-corrected chi connectivity index (χ4v) is 4.86. The van der Waals surface area contributed by atoms with Crippen LogP contribution >= 0.6 is 23.4 Å². The Labute approximate surface area is 195 Å². The van der Waals surface area contributed by atoms with Crippen LogP contribution in [-0.4, -0.2) is 34.8 Å². The molecule has 0 spiro atoms. The van der Waals surface area contributed by atoms with Crippen molar-refractivity contribution < 1.29 is 14.3 Å². The molecule has 0 saturated carbocycles. The molecule has 2 aromatic carbocycles. The monoisotopic (exact) mass is 470 g/mol. The van der Waals surface area contributed by atoms with Crippen LogP contribution in [0.3, 0.4) is 0 Å². The van der Waals surface area contributed by atoms with E-state index in [1.54, 1.807) is 25.8 Å². The first-order valence-corrected chi connectivity index (χ1v) is 11.3. The molecule has 1 aliphatic rings. The summed E-state index contributed by atoms with van der Waals surface area (Å²) in [6.45, 7) is 3.42. The van der Waals surface area contributed by atoms with E-state index < -0.39 is 6.04 Å². The molecule has 0 bridgehead atoms. The lowest BCUT2D eigenvalue weighted by Gasteiger charge is -2.29. The third-order valence-electron chi connectivity index (χ3n) is 5.26. The number of benzene rings is 2. The van der Waals surface area contributed by atoms with E-state index in [1.807, 2.05) is 49.4 Å². The number of rotatable bonds is 7. The zero-order valence-corrected chi connectivity index (χ0v) is 19.8. The highest BCUT2D eigenvalue weighted by molar-refractivity contribution is 7.98. The first kappa shape index (κ1) is 22.2. The van der Waals surface area contributed by atoms with E-state index in [2.05, 4.69) is 10.3 Å². The molecule has 0 radical (unpaired) electrons. The largest absolute Gasteiger partial charge is 0.497 e. The highest BCUT2D eigenvalue weighted by Gasteiger charge is 2.34. The second-order valence-corrected chi connectivity index (χ2v) is 8.62. The van der Waals surface area contributed by atoms with Crippen molar-refractivity contribution in [1.82, 2.24) is 14.8 Å². The van der Waals surface area contributed by atoms with Crippen molar-refractivity contribution in [3.8, 4) is 11.5 Å². The molecule has 166 valence electrons. The number of fused-ring (bicyclic) bond motifs is 1. The fraction of sp³-hybridized carbons (Fsp3) is 0.261. The number of carbonyl (C=O) groups excluding carboxylic acids is 1. The minimum absolute atomic E-state index is 0.0590. The summed E-state index contributed by atoms with van der Waals surface area (Å²) in [5, 5.41) is 9.24. The fourth-order valence-electron chi connectivity index (χ4n) is 3.75. The molecule has 32 heavy (non-hydrogen) atoms. The number of ether oxygens (including phenoxy) is 2. The highest BCUT2D eigenvalue weighted by Crippen LogP contribution is 2.41. The Hall–Kier alpha value is -2.97. The predicted octanol–water partition coefficient (Wildman–Crippen LogP) is 5.12. The van der Waals surface area contributed by atoms with Gasteiger partial charge in [-0.2, -0.15) is 4.98 Å². The van der Waals surface area contributed by atoms with Crippen LogP contribution in [0.4, 0.5) is 5.95 Å². The van der Waals surface area contributed by atoms with Crippen molar-refractivity contribution in [3.63, 3.8) is 0 Å². The van der Waals surface area contributed by atoms with Gasteiger partial charge in [0, 0.05) is 27.6 Å². The van der Waals surface area contributed by atoms with Gasteiger partial charge in [0.1, 0.15) is 17.5 Å². The smallest absolute Gasteiger partial charge is 0.227 e. The van der Waals surface area contributed by atoms with Crippen LogP contribution in [0.5, 0.6) is 11.5 Å². The molecule has 1 N–H and O–H groups in total. The number of hydrogen-bond donors (Lipinski definition) is 1. The molecular formula is C23H23ClN4O3S. The summed E-state index contributed by atoms with van der Waals surface area (Å²) in [5.41, 5.74) is 3.10. The van der Waals surface area contributed by atoms with Gasteiger partial charge in [-0.05, 0) is 43.7 Å². The Balaban J connectivity index is 1.76. The molecule has 0 amide bonds. The normalized spacial score (nSPS) is 15.2. The number of Topliss-reactive ketones (excluding diaryl/α,β-unsaturated/α-hetero) is 1. The van der Waals surface area contributed by atoms with Gasteiger partial charge in [0.15, 0.2) is 5.78 Å². The maximum absolute atomic E-state index is 12.7. The Bertz CT molecular complexity index is 1210. The summed E-state index contributed by atoms with van der Waals surface area (Å²) < 4.78 is 12.8. The molecule has 0 saturated heterocycles. The Morgan fingerprint density at radius 3 is 2.69 bits per heavy atom. The predicted molar refractivity (Wildman–Crippen MR) is 126 cm³/mol. The maximum Gasteiger partial charge on any atom is 0.227 e. The number of nitrogens with one attached hydrogen (secondary N) is 1. The molecule has 2 heterocycles. The molecule has 1 atom stereocenters. The minimum atomic E-state index is -0.504. The summed E-state index contributed by atoms with van der Waals surface area (Å²) in [4.78, 5) is 17.3. The molecule has 0 aliphatic carbocycles. The number of carbonyl (C=O) groups is 1. The summed E-state index contributed by atoms with van der Waals surface area (Å²) >= 11 is 7.77. The number of allylic oxidation sites excluding steroid dienone is 2. The lowest BCUT2D eigenvalue weighted by molar-refractivity contribution is -0.114. The van der Waals surface area contributed by atoms with Crippen molar-refractivity contribution >= 4 is 35.1 Å². The van der Waals surface area contributed by atoms with Gasteiger partial charge in [-0.1, -0.05) is 41.6 Å². The van der Waals surface area contributed by atoms with Crippen LogP contribution in [0.25, 0.3) is 0 Å². The van der Waals surface area contributed by atoms with E-state index in [0.717, 1.165) is 16.8 Å². The van der Waals surface area contributed by atoms with E-state index >= 15 is 0 Å². The third-order valence-corrected chi connectivity index (χ3v) is 6.51. The number of ketones is 1. The van der Waals surface area contributed by atoms with Crippen LogP contribution in [-0.2, 0) is 10.5 Å². The van der Waals surface area contributed by atoms with Gasteiger partial charge in [-0.15, -0.1) is 5.10 Å². The summed E-state index contributed by atoms with van der Waals surface area (Å²) in [6, 6.07) is 12.7. The standard InChI is InChI=1S/C23H23ClN4O3S/c1-13-20(14(2)29)21(17-11-16(30-3)9-10-19(17)31-4)28-22(25-13)26-23(27-28)32-12-15-7-5-6-8-18(15)24/h5-11,21H,12H2,1-4H3,(H,25,26,27). The van der Waals surface area contributed by atoms with E-state index in [0.29, 0.717) is 39.0 Å². The summed E-state index contributed by atoms with van der Waals surface area (Å²) in [6.07, 6.45) is 0. The molecule has 0 fully saturated rings. The first-order valence-electron chi connectivity index (χ1n) is 9.96. The van der Waals surface area contributed by atoms with Crippen LogP contribution in [0.2, 0.25) is 5.02 Å². The van der Waals surface area contributed by atoms with Crippen LogP contribution < -0.4 is 14.8 Å². The van der Waals surface area contributed by atoms with E-state index in [-0.39, 0.29) is 5.78 Å². The van der Waals surface area contributed by atoms with E-state index in [1.165, 1.54) is 11.8 Å². The van der Waals surface area contributed by atoms with Gasteiger partial charge in [-0.25, -0.2) is 4.68 Å². The first-order chi connectivity index (χ1) is 15.4. The molecule has 1 aromatic heterocycles. The second kappa shape index (κ2) is 9.26. The maximum atomic E-state index is 12.7. The Morgan fingerprint density at radius 1 is 1.22 bits per heavy atom. The number of methoxy groups -OCH3 is 2. The average molecular weight is 471 g/mol. The molecule has 1 unspecified atom stereocenters. The zero-order valence-electron chi connectivity index (χ0n) is 18.2. The Morgan fingerprint density at radius 2 is 2.00 bits per heavy atom. The minimum Gasteiger partial charge on any atom is -0.497 e. The molecule has 9 heteroatoms. The van der Waals surface area contributed by atoms with Crippen LogP contribution in [0.15, 0.2) is 58.9 Å². The third kappa shape index (κ3) is 4.20. The van der Waals surface area contributed by atoms with Gasteiger partial charge in [-0.3, -0.25) is 4.79 Å². The van der Waals surface area contributed by atoms with Gasteiger partial charge in [0.05, 0.1) is 14.2 Å². The quantitative estimate of drug-likeness (QED) is 0.480. The number of anilines is 1. The molecular weight excluding hydrogens is 448 g/mol. The molecule has 7 nitrogen and oxygen atoms in total. The van der Waals surface area contributed by atoms with Crippen LogP contribution in [0.1, 0.15) is 31.0 Å². The number of halogens is 1. The number of hydrogen-bond acceptors (Lipinski definition) is 7. The van der Waals surface area contributed by atoms with Crippen molar-refractivity contribution in [3.05, 3.63) is 69.9 Å². The molecule has 4 rings (SSSR count). The van der Waals surface area contributed by atoms with Gasteiger partial charge < -0.3 is 14.8 Å². The highest BCUT2D eigenvalue weighted by atomic mass is 35.5. The lowest BCUT2D eigenvalue weighted by Crippen LogP contribution is -2.28. The number of thioether (sulfide) groups is 1. The SMILES string of the molecule is COc1ccc(OC)c(C2C(C(C)=O)=C(C)Nc3nc(SCc4ccccc4Cl)nn32)c1. The van der Waals surface area contributed by atoms with Crippen molar-refractivity contribution in [2.45, 2.75) is 30.8 Å². The Kier molecular flexibility index (Phi) is 6.43. The zero-order chi connectivity index (χ0) is 22.8. The van der Waals surface area contributed by atoms with Crippen molar-refractivity contribution in [2.24, 2.45) is 0 Å². The number of aromatic nitrogens is 3. The van der Waals surface area contributed by atoms with E-state index in [9.17, 15) is 4.79 Å². The second-order valence-electron chi connectivity index (χ2n) is 7.27. The molecule has 1 aliphatic heterocycles. The van der Waals surface area contributed by atoms with Gasteiger partial charge in [0.25, 0.3) is 0 Å². The van der Waals surface area contributed by atoms with E-state index in [4.69, 9.17) is 26.2 Å². The average Bonchev–Trinajstić information content (AvgIpc) is 3.19. The molecule has 3 aromatic rings. The van der Waals surface area contributed by atoms with Gasteiger partial charge >= 0.3 is 0 Å². The summed E-state index contributed by atoms with van der Waals surface area (Å²) in [7, 11) is 3.20.